The maximum Gasteiger partial charge on any atom is 0.332 e. The van der Waals surface area contributed by atoms with Gasteiger partial charge in [0.15, 0.2) is 0 Å². The second-order valence-electron chi connectivity index (χ2n) is 6.00. The molecule has 2 aliphatic rings. The van der Waals surface area contributed by atoms with Crippen molar-refractivity contribution in [2.45, 2.75) is 70.5 Å². The van der Waals surface area contributed by atoms with E-state index < -0.39 is 12.0 Å². The highest BCUT2D eigenvalue weighted by atomic mass is 16.4. The summed E-state index contributed by atoms with van der Waals surface area (Å²) in [4.78, 5) is 25.1. The number of carboxylic acids is 1. The summed E-state index contributed by atoms with van der Waals surface area (Å²) in [6.45, 7) is 4.72. The van der Waals surface area contributed by atoms with Crippen LogP contribution < -0.4 is 5.43 Å². The second kappa shape index (κ2) is 6.43. The van der Waals surface area contributed by atoms with Crippen molar-refractivity contribution >= 4 is 12.0 Å². The molecule has 6 heteroatoms. The van der Waals surface area contributed by atoms with Crippen LogP contribution in [-0.4, -0.2) is 51.7 Å². The van der Waals surface area contributed by atoms with Crippen LogP contribution in [0.25, 0.3) is 0 Å². The molecular weight excluding hydrogens is 258 g/mol. The molecule has 2 rings (SSSR count). The van der Waals surface area contributed by atoms with Gasteiger partial charge >= 0.3 is 12.0 Å². The van der Waals surface area contributed by atoms with Gasteiger partial charge in [-0.1, -0.05) is 6.42 Å². The number of amides is 2. The third kappa shape index (κ3) is 3.23. The quantitative estimate of drug-likeness (QED) is 0.810. The molecule has 6 nitrogen and oxygen atoms in total. The number of nitrogens with zero attached hydrogens (tertiary/aromatic N) is 2. The summed E-state index contributed by atoms with van der Waals surface area (Å²) in [5.41, 5.74) is 2.93. The van der Waals surface area contributed by atoms with Crippen LogP contribution in [0.4, 0.5) is 4.79 Å². The smallest absolute Gasteiger partial charge is 0.332 e. The fourth-order valence-corrected chi connectivity index (χ4v) is 3.25. The Labute approximate surface area is 120 Å². The number of carbonyl (C=O) groups is 2. The highest BCUT2D eigenvalue weighted by Gasteiger charge is 2.34. The highest BCUT2D eigenvalue weighted by Crippen LogP contribution is 2.22. The van der Waals surface area contributed by atoms with Crippen LogP contribution in [-0.2, 0) is 4.79 Å². The number of hydrogen-bond donors (Lipinski definition) is 2. The van der Waals surface area contributed by atoms with Crippen LogP contribution in [0.2, 0.25) is 0 Å². The summed E-state index contributed by atoms with van der Waals surface area (Å²) in [6, 6.07) is -0.344. The Morgan fingerprint density at radius 2 is 1.70 bits per heavy atom. The number of piperidine rings is 2. The Hall–Kier alpha value is -1.30. The zero-order valence-corrected chi connectivity index (χ0v) is 12.3. The number of aliphatic carboxylic acids is 1. The first-order chi connectivity index (χ1) is 9.50. The molecule has 114 valence electrons. The van der Waals surface area contributed by atoms with E-state index in [1.807, 2.05) is 5.01 Å². The molecule has 0 aromatic rings. The van der Waals surface area contributed by atoms with Gasteiger partial charge in [0.25, 0.3) is 0 Å². The average Bonchev–Trinajstić information content (AvgIpc) is 2.43. The number of urea groups is 1. The van der Waals surface area contributed by atoms with E-state index in [4.69, 9.17) is 0 Å². The molecule has 0 bridgehead atoms. The van der Waals surface area contributed by atoms with E-state index in [1.165, 1.54) is 11.3 Å². The SMILES string of the molecule is CC1CCCC(C)N1NC(=O)N1CCCCC1C(=O)O. The van der Waals surface area contributed by atoms with Crippen molar-refractivity contribution in [2.75, 3.05) is 6.54 Å². The maximum absolute atomic E-state index is 12.4. The van der Waals surface area contributed by atoms with Crippen molar-refractivity contribution in [3.05, 3.63) is 0 Å². The molecule has 2 heterocycles. The molecular formula is C14H25N3O3. The van der Waals surface area contributed by atoms with Crippen LogP contribution in [0, 0.1) is 0 Å². The van der Waals surface area contributed by atoms with E-state index in [-0.39, 0.29) is 6.03 Å². The molecule has 2 saturated heterocycles. The zero-order chi connectivity index (χ0) is 14.7. The van der Waals surface area contributed by atoms with Gasteiger partial charge in [-0.25, -0.2) is 14.6 Å². The molecule has 0 saturated carbocycles. The van der Waals surface area contributed by atoms with E-state index >= 15 is 0 Å². The molecule has 0 aromatic carbocycles. The predicted octanol–water partition coefficient (Wildman–Crippen LogP) is 1.81. The van der Waals surface area contributed by atoms with Crippen molar-refractivity contribution in [1.29, 1.82) is 0 Å². The fraction of sp³-hybridized carbons (Fsp3) is 0.857. The Morgan fingerprint density at radius 3 is 2.30 bits per heavy atom. The van der Waals surface area contributed by atoms with Gasteiger partial charge in [-0.15, -0.1) is 0 Å². The highest BCUT2D eigenvalue weighted by molar-refractivity contribution is 5.82. The molecule has 3 atom stereocenters. The first-order valence-electron chi connectivity index (χ1n) is 7.59. The van der Waals surface area contributed by atoms with Crippen LogP contribution in [0.15, 0.2) is 0 Å². The minimum absolute atomic E-state index is 0.266. The van der Waals surface area contributed by atoms with Gasteiger partial charge < -0.3 is 10.0 Å². The van der Waals surface area contributed by atoms with Crippen molar-refractivity contribution in [3.63, 3.8) is 0 Å². The standard InChI is InChI=1S/C14H25N3O3/c1-10-6-5-7-11(2)17(10)15-14(20)16-9-4-3-8-12(16)13(18)19/h10-12H,3-9H2,1-2H3,(H,15,20)(H,18,19). The predicted molar refractivity (Wildman–Crippen MR) is 75.1 cm³/mol. The van der Waals surface area contributed by atoms with Gasteiger partial charge in [0, 0.05) is 18.6 Å². The van der Waals surface area contributed by atoms with Crippen molar-refractivity contribution in [3.8, 4) is 0 Å². The van der Waals surface area contributed by atoms with E-state index in [9.17, 15) is 14.7 Å². The van der Waals surface area contributed by atoms with E-state index in [0.717, 1.165) is 25.7 Å². The molecule has 2 amide bonds. The third-order valence-corrected chi connectivity index (χ3v) is 4.47. The van der Waals surface area contributed by atoms with Crippen molar-refractivity contribution in [2.24, 2.45) is 0 Å². The zero-order valence-electron chi connectivity index (χ0n) is 12.3. The molecule has 2 aliphatic heterocycles. The van der Waals surface area contributed by atoms with Crippen molar-refractivity contribution < 1.29 is 14.7 Å². The Balaban J connectivity index is 2.00. The van der Waals surface area contributed by atoms with E-state index in [0.29, 0.717) is 25.0 Å². The molecule has 0 radical (unpaired) electrons. The summed E-state index contributed by atoms with van der Waals surface area (Å²) < 4.78 is 0. The molecule has 0 aliphatic carbocycles. The summed E-state index contributed by atoms with van der Waals surface area (Å²) in [6.07, 6.45) is 5.60. The first kappa shape index (κ1) is 15.1. The molecule has 20 heavy (non-hydrogen) atoms. The van der Waals surface area contributed by atoms with Gasteiger partial charge in [0.05, 0.1) is 0 Å². The van der Waals surface area contributed by atoms with Crippen LogP contribution in [0.5, 0.6) is 0 Å². The minimum Gasteiger partial charge on any atom is -0.480 e. The van der Waals surface area contributed by atoms with Gasteiger partial charge in [0.1, 0.15) is 6.04 Å². The number of carbonyl (C=O) groups excluding carboxylic acids is 1. The number of nitrogens with one attached hydrogen (secondary N) is 1. The Bertz CT molecular complexity index is 365. The average molecular weight is 283 g/mol. The largest absolute Gasteiger partial charge is 0.480 e. The molecule has 0 spiro atoms. The summed E-state index contributed by atoms with van der Waals surface area (Å²) in [7, 11) is 0. The summed E-state index contributed by atoms with van der Waals surface area (Å²) in [5.74, 6) is -0.903. The lowest BCUT2D eigenvalue weighted by Gasteiger charge is -2.41. The van der Waals surface area contributed by atoms with Gasteiger partial charge in [-0.2, -0.15) is 0 Å². The molecule has 2 N–H and O–H groups in total. The van der Waals surface area contributed by atoms with Gasteiger partial charge in [-0.05, 0) is 46.0 Å². The second-order valence-corrected chi connectivity index (χ2v) is 6.00. The van der Waals surface area contributed by atoms with Crippen molar-refractivity contribution in [1.82, 2.24) is 15.3 Å². The summed E-state index contributed by atoms with van der Waals surface area (Å²) in [5, 5.41) is 11.2. The minimum atomic E-state index is -0.903. The number of hydrogen-bond acceptors (Lipinski definition) is 3. The maximum atomic E-state index is 12.4. The van der Waals surface area contributed by atoms with E-state index in [1.54, 1.807) is 0 Å². The molecule has 2 fully saturated rings. The lowest BCUT2D eigenvalue weighted by Crippen LogP contribution is -2.60. The Morgan fingerprint density at radius 1 is 1.05 bits per heavy atom. The van der Waals surface area contributed by atoms with Crippen LogP contribution >= 0.6 is 0 Å². The van der Waals surface area contributed by atoms with Gasteiger partial charge in [-0.3, -0.25) is 5.43 Å². The summed E-state index contributed by atoms with van der Waals surface area (Å²) >= 11 is 0. The van der Waals surface area contributed by atoms with Crippen LogP contribution in [0.1, 0.15) is 52.4 Å². The third-order valence-electron chi connectivity index (χ3n) is 4.47. The Kier molecular flexibility index (Phi) is 4.86. The molecule has 0 aromatic heterocycles. The fourth-order valence-electron chi connectivity index (χ4n) is 3.25. The normalized spacial score (nSPS) is 31.9. The topological polar surface area (TPSA) is 72.9 Å². The van der Waals surface area contributed by atoms with E-state index in [2.05, 4.69) is 19.3 Å². The lowest BCUT2D eigenvalue weighted by molar-refractivity contribution is -0.143. The number of carboxylic acid groups (broad SMARTS) is 1. The van der Waals surface area contributed by atoms with Gasteiger partial charge in [0.2, 0.25) is 0 Å². The monoisotopic (exact) mass is 283 g/mol. The number of rotatable bonds is 2. The number of hydrazine groups is 1. The van der Waals surface area contributed by atoms with Crippen LogP contribution in [0.3, 0.4) is 0 Å². The number of likely N-dealkylation sites (tertiary alicyclic amines) is 1. The lowest BCUT2D eigenvalue weighted by atomic mass is 10.00. The molecule has 3 unspecified atom stereocenters. The first-order valence-corrected chi connectivity index (χ1v) is 7.59.